The van der Waals surface area contributed by atoms with Crippen LogP contribution in [0.25, 0.3) is 10.2 Å². The Morgan fingerprint density at radius 3 is 2.67 bits per heavy atom. The third-order valence-electron chi connectivity index (χ3n) is 4.02. The molecule has 0 spiro atoms. The Kier molecular flexibility index (Phi) is 8.04. The number of thiophene rings is 1. The minimum atomic E-state index is 0. The number of hydrogen-bond donors (Lipinski definition) is 0. The van der Waals surface area contributed by atoms with E-state index in [1.807, 2.05) is 54.7 Å². The summed E-state index contributed by atoms with van der Waals surface area (Å²) in [6, 6.07) is 9.84. The molecule has 1 amide bonds. The number of nitrogens with zero attached hydrogens (tertiary/aromatic N) is 3. The van der Waals surface area contributed by atoms with E-state index in [2.05, 4.69) is 4.90 Å². The second-order valence-electron chi connectivity index (χ2n) is 6.26. The largest absolute Gasteiger partial charge is 0.494 e. The van der Waals surface area contributed by atoms with Crippen molar-refractivity contribution in [2.24, 2.45) is 0 Å². The summed E-state index contributed by atoms with van der Waals surface area (Å²) in [5.74, 6) is 0.827. The first-order valence-electron chi connectivity index (χ1n) is 8.49. The number of halogens is 1. The van der Waals surface area contributed by atoms with Crippen LogP contribution in [0.3, 0.4) is 0 Å². The fraction of sp³-hybridized carbons (Fsp3) is 0.368. The third-order valence-corrected chi connectivity index (χ3v) is 5.94. The lowest BCUT2D eigenvalue weighted by molar-refractivity contribution is -0.118. The van der Waals surface area contributed by atoms with Gasteiger partial charge in [-0.25, -0.2) is 4.98 Å². The number of benzene rings is 1. The smallest absolute Gasteiger partial charge is 0.234 e. The van der Waals surface area contributed by atoms with Gasteiger partial charge in [0.25, 0.3) is 0 Å². The molecule has 2 heterocycles. The van der Waals surface area contributed by atoms with Crippen molar-refractivity contribution in [2.45, 2.75) is 12.8 Å². The Hall–Kier alpha value is -1.67. The molecular formula is C19H24ClN3O2S2. The van der Waals surface area contributed by atoms with Gasteiger partial charge >= 0.3 is 0 Å². The summed E-state index contributed by atoms with van der Waals surface area (Å²) >= 11 is 3.15. The van der Waals surface area contributed by atoms with E-state index in [-0.39, 0.29) is 18.3 Å². The summed E-state index contributed by atoms with van der Waals surface area (Å²) in [6.45, 7) is 1.58. The maximum atomic E-state index is 13.0. The number of thiazole rings is 1. The van der Waals surface area contributed by atoms with E-state index in [0.717, 1.165) is 38.9 Å². The molecule has 0 aliphatic rings. The van der Waals surface area contributed by atoms with Crippen LogP contribution in [0.2, 0.25) is 0 Å². The van der Waals surface area contributed by atoms with Crippen molar-refractivity contribution in [1.82, 2.24) is 9.88 Å². The predicted octanol–water partition coefficient (Wildman–Crippen LogP) is 4.32. The summed E-state index contributed by atoms with van der Waals surface area (Å²) in [7, 11) is 5.73. The highest BCUT2D eigenvalue weighted by Gasteiger charge is 2.21. The molecule has 1 aromatic carbocycles. The molecule has 0 saturated carbocycles. The summed E-state index contributed by atoms with van der Waals surface area (Å²) in [4.78, 5) is 22.7. The number of aromatic nitrogens is 1. The van der Waals surface area contributed by atoms with Crippen LogP contribution in [-0.4, -0.2) is 50.1 Å². The van der Waals surface area contributed by atoms with Gasteiger partial charge in [-0.05, 0) is 50.6 Å². The summed E-state index contributed by atoms with van der Waals surface area (Å²) in [6.07, 6.45) is 1.31. The zero-order chi connectivity index (χ0) is 18.5. The van der Waals surface area contributed by atoms with Gasteiger partial charge in [-0.1, -0.05) is 23.5 Å². The van der Waals surface area contributed by atoms with Gasteiger partial charge in [0.05, 0.1) is 18.2 Å². The normalized spacial score (nSPS) is 10.8. The molecule has 0 atom stereocenters. The van der Waals surface area contributed by atoms with Crippen LogP contribution < -0.4 is 9.64 Å². The Bertz CT molecular complexity index is 865. The van der Waals surface area contributed by atoms with Crippen LogP contribution in [0.4, 0.5) is 5.13 Å². The highest BCUT2D eigenvalue weighted by molar-refractivity contribution is 7.22. The number of amides is 1. The number of methoxy groups -OCH3 is 1. The van der Waals surface area contributed by atoms with E-state index in [9.17, 15) is 4.79 Å². The van der Waals surface area contributed by atoms with Crippen molar-refractivity contribution in [1.29, 1.82) is 0 Å². The van der Waals surface area contributed by atoms with E-state index >= 15 is 0 Å². The van der Waals surface area contributed by atoms with Crippen LogP contribution in [0.15, 0.2) is 35.7 Å². The zero-order valence-corrected chi connectivity index (χ0v) is 18.1. The van der Waals surface area contributed by atoms with Crippen LogP contribution in [-0.2, 0) is 11.2 Å². The minimum absolute atomic E-state index is 0. The van der Waals surface area contributed by atoms with E-state index in [0.29, 0.717) is 13.0 Å². The van der Waals surface area contributed by atoms with Crippen molar-refractivity contribution in [2.75, 3.05) is 39.2 Å². The highest BCUT2D eigenvalue weighted by atomic mass is 35.5. The van der Waals surface area contributed by atoms with E-state index in [1.165, 1.54) is 11.3 Å². The van der Waals surface area contributed by atoms with Gasteiger partial charge in [0.2, 0.25) is 5.91 Å². The molecule has 0 bridgehead atoms. The van der Waals surface area contributed by atoms with Gasteiger partial charge in [0.1, 0.15) is 11.3 Å². The lowest BCUT2D eigenvalue weighted by Crippen LogP contribution is -2.34. The first-order chi connectivity index (χ1) is 12.6. The molecule has 8 heteroatoms. The lowest BCUT2D eigenvalue weighted by Gasteiger charge is -2.20. The molecule has 0 unspecified atom stereocenters. The fourth-order valence-corrected chi connectivity index (χ4v) is 4.44. The van der Waals surface area contributed by atoms with Gasteiger partial charge in [-0.3, -0.25) is 9.69 Å². The number of ether oxygens (including phenoxy) is 1. The molecule has 2 aromatic heterocycles. The fourth-order valence-electron chi connectivity index (χ4n) is 2.72. The summed E-state index contributed by atoms with van der Waals surface area (Å²) in [5.41, 5.74) is 0.816. The number of rotatable bonds is 8. The molecule has 3 rings (SSSR count). The summed E-state index contributed by atoms with van der Waals surface area (Å²) in [5, 5.41) is 2.74. The van der Waals surface area contributed by atoms with Gasteiger partial charge in [0.15, 0.2) is 5.13 Å². The molecule has 0 aliphatic carbocycles. The maximum Gasteiger partial charge on any atom is 0.234 e. The topological polar surface area (TPSA) is 45.7 Å². The van der Waals surface area contributed by atoms with Gasteiger partial charge < -0.3 is 9.64 Å². The van der Waals surface area contributed by atoms with Crippen LogP contribution in [0, 0.1) is 0 Å². The number of hydrogen-bond acceptors (Lipinski definition) is 6. The van der Waals surface area contributed by atoms with Crippen LogP contribution in [0.5, 0.6) is 5.75 Å². The molecule has 146 valence electrons. The lowest BCUT2D eigenvalue weighted by atomic mass is 10.3. The van der Waals surface area contributed by atoms with Gasteiger partial charge in [-0.2, -0.15) is 0 Å². The van der Waals surface area contributed by atoms with Crippen molar-refractivity contribution in [3.05, 3.63) is 40.6 Å². The SMILES string of the molecule is COc1cccc2sc(N(CCCN(C)C)C(=O)Cc3cccs3)nc12.Cl. The number of anilines is 1. The zero-order valence-electron chi connectivity index (χ0n) is 15.7. The average molecular weight is 426 g/mol. The Morgan fingerprint density at radius 1 is 1.19 bits per heavy atom. The van der Waals surface area contributed by atoms with Crippen molar-refractivity contribution in [3.8, 4) is 5.75 Å². The van der Waals surface area contributed by atoms with Gasteiger partial charge in [0, 0.05) is 11.4 Å². The predicted molar refractivity (Wildman–Crippen MR) is 117 cm³/mol. The molecule has 0 fully saturated rings. The molecular weight excluding hydrogens is 402 g/mol. The number of para-hydroxylation sites is 1. The average Bonchev–Trinajstić information content (AvgIpc) is 3.27. The molecule has 3 aromatic rings. The third kappa shape index (κ3) is 5.42. The molecule has 0 saturated heterocycles. The number of fused-ring (bicyclic) bond motifs is 1. The summed E-state index contributed by atoms with van der Waals surface area (Å²) < 4.78 is 6.44. The number of carbonyl (C=O) groups is 1. The standard InChI is InChI=1S/C19H23N3O2S2.ClH/c1-21(2)10-6-11-22(17(23)13-14-7-5-12-25-14)19-20-18-15(24-3)8-4-9-16(18)26-19;/h4-5,7-9,12H,6,10-11,13H2,1-3H3;1H. The highest BCUT2D eigenvalue weighted by Crippen LogP contribution is 2.34. The molecule has 27 heavy (non-hydrogen) atoms. The molecule has 0 aliphatic heterocycles. The van der Waals surface area contributed by atoms with E-state index in [4.69, 9.17) is 9.72 Å². The second kappa shape index (κ2) is 10.0. The second-order valence-corrected chi connectivity index (χ2v) is 8.30. The number of carbonyl (C=O) groups excluding carboxylic acids is 1. The maximum absolute atomic E-state index is 13.0. The Balaban J connectivity index is 0.00000261. The van der Waals surface area contributed by atoms with Crippen LogP contribution in [0.1, 0.15) is 11.3 Å². The van der Waals surface area contributed by atoms with Crippen molar-refractivity contribution >= 4 is 56.3 Å². The quantitative estimate of drug-likeness (QED) is 0.539. The molecule has 0 radical (unpaired) electrons. The first-order valence-corrected chi connectivity index (χ1v) is 10.2. The van der Waals surface area contributed by atoms with E-state index in [1.54, 1.807) is 18.4 Å². The Labute approximate surface area is 174 Å². The minimum Gasteiger partial charge on any atom is -0.494 e. The monoisotopic (exact) mass is 425 g/mol. The first kappa shape index (κ1) is 21.6. The van der Waals surface area contributed by atoms with Crippen molar-refractivity contribution < 1.29 is 9.53 Å². The van der Waals surface area contributed by atoms with Gasteiger partial charge in [-0.15, -0.1) is 23.7 Å². The van der Waals surface area contributed by atoms with Crippen LogP contribution >= 0.6 is 35.1 Å². The van der Waals surface area contributed by atoms with Crippen molar-refractivity contribution in [3.63, 3.8) is 0 Å². The molecule has 0 N–H and O–H groups in total. The molecule has 5 nitrogen and oxygen atoms in total. The Morgan fingerprint density at radius 2 is 2.00 bits per heavy atom. The van der Waals surface area contributed by atoms with E-state index < -0.39 is 0 Å².